The predicted octanol–water partition coefficient (Wildman–Crippen LogP) is 2.02. The third kappa shape index (κ3) is 9.25. The zero-order valence-corrected chi connectivity index (χ0v) is 18.4. The Bertz CT molecular complexity index is 558. The van der Waals surface area contributed by atoms with E-state index in [0.29, 0.717) is 12.5 Å². The van der Waals surface area contributed by atoms with Gasteiger partial charge in [-0.25, -0.2) is 0 Å². The molecule has 1 aliphatic rings. The molecule has 0 aromatic carbocycles. The summed E-state index contributed by atoms with van der Waals surface area (Å²) in [5.41, 5.74) is 5.76. The number of hydrogen-bond donors (Lipinski definition) is 3. The highest BCUT2D eigenvalue weighted by atomic mass is 35.5. The van der Waals surface area contributed by atoms with E-state index in [1.807, 2.05) is 13.8 Å². The van der Waals surface area contributed by atoms with E-state index >= 15 is 0 Å². The first kappa shape index (κ1) is 26.1. The fraction of sp³-hybridized carbons (Fsp3) is 0.667. The Hall–Kier alpha value is -0.860. The van der Waals surface area contributed by atoms with Crippen molar-refractivity contribution in [2.24, 2.45) is 17.6 Å². The second kappa shape index (κ2) is 13.3. The molecule has 2 atom stereocenters. The average molecular weight is 439 g/mol. The van der Waals surface area contributed by atoms with Crippen LogP contribution in [0, 0.1) is 11.8 Å². The van der Waals surface area contributed by atoms with Crippen molar-refractivity contribution in [2.45, 2.75) is 39.3 Å². The van der Waals surface area contributed by atoms with Crippen LogP contribution < -0.4 is 16.4 Å². The van der Waals surface area contributed by atoms with Gasteiger partial charge in [0.1, 0.15) is 0 Å². The Balaban J connectivity index is 0.00000338. The lowest BCUT2D eigenvalue weighted by Gasteiger charge is -2.32. The maximum absolute atomic E-state index is 11.9. The van der Waals surface area contributed by atoms with E-state index in [1.54, 1.807) is 11.3 Å². The van der Waals surface area contributed by atoms with Crippen LogP contribution >= 0.6 is 36.2 Å². The molecule has 4 N–H and O–H groups in total. The number of amides is 2. The second-order valence-electron chi connectivity index (χ2n) is 7.11. The van der Waals surface area contributed by atoms with Crippen molar-refractivity contribution in [3.63, 3.8) is 0 Å². The van der Waals surface area contributed by atoms with Crippen molar-refractivity contribution in [3.8, 4) is 0 Å². The first-order chi connectivity index (χ1) is 12.0. The van der Waals surface area contributed by atoms with Gasteiger partial charge in [-0.1, -0.05) is 19.9 Å². The molecule has 156 valence electrons. The molecule has 2 heterocycles. The fourth-order valence-corrected chi connectivity index (χ4v) is 3.74. The average Bonchev–Trinajstić information content (AvgIpc) is 3.10. The third-order valence-corrected chi connectivity index (χ3v) is 5.46. The number of thiophene rings is 1. The Labute approximate surface area is 178 Å². The first-order valence-electron chi connectivity index (χ1n) is 9.00. The highest BCUT2D eigenvalue weighted by molar-refractivity contribution is 7.09. The van der Waals surface area contributed by atoms with Gasteiger partial charge in [-0.15, -0.1) is 36.2 Å². The van der Waals surface area contributed by atoms with Crippen LogP contribution in [0.2, 0.25) is 0 Å². The molecule has 0 bridgehead atoms. The van der Waals surface area contributed by atoms with Gasteiger partial charge in [-0.05, 0) is 42.7 Å². The van der Waals surface area contributed by atoms with E-state index in [0.717, 1.165) is 32.5 Å². The number of carbonyl (C=O) groups excluding carboxylic acids is 2. The molecule has 0 radical (unpaired) electrons. The molecule has 1 saturated heterocycles. The lowest BCUT2D eigenvalue weighted by Crippen LogP contribution is -2.48. The largest absolute Gasteiger partial charge is 0.354 e. The second-order valence-corrected chi connectivity index (χ2v) is 8.15. The van der Waals surface area contributed by atoms with Crippen LogP contribution in [-0.2, 0) is 16.1 Å². The van der Waals surface area contributed by atoms with Gasteiger partial charge >= 0.3 is 0 Å². The van der Waals surface area contributed by atoms with Crippen LogP contribution in [0.25, 0.3) is 0 Å². The van der Waals surface area contributed by atoms with Gasteiger partial charge in [0.25, 0.3) is 0 Å². The molecule has 1 fully saturated rings. The summed E-state index contributed by atoms with van der Waals surface area (Å²) in [7, 11) is 0. The normalized spacial score (nSPS) is 18.1. The summed E-state index contributed by atoms with van der Waals surface area (Å²) in [4.78, 5) is 27.5. The molecule has 1 unspecified atom stereocenters. The van der Waals surface area contributed by atoms with Crippen LogP contribution in [0.5, 0.6) is 0 Å². The molecule has 6 nitrogen and oxygen atoms in total. The Morgan fingerprint density at radius 3 is 2.70 bits per heavy atom. The van der Waals surface area contributed by atoms with Crippen LogP contribution in [0.15, 0.2) is 17.5 Å². The highest BCUT2D eigenvalue weighted by Gasteiger charge is 2.21. The summed E-state index contributed by atoms with van der Waals surface area (Å²) in [5.74, 6) is 0.0931. The Morgan fingerprint density at radius 1 is 1.33 bits per heavy atom. The van der Waals surface area contributed by atoms with Crippen molar-refractivity contribution in [1.82, 2.24) is 15.5 Å². The minimum Gasteiger partial charge on any atom is -0.354 e. The molecular weight excluding hydrogens is 407 g/mol. The number of halogens is 2. The van der Waals surface area contributed by atoms with Gasteiger partial charge in [0.2, 0.25) is 11.8 Å². The van der Waals surface area contributed by atoms with Crippen LogP contribution in [0.4, 0.5) is 0 Å². The smallest absolute Gasteiger partial charge is 0.239 e. The van der Waals surface area contributed by atoms with Crippen molar-refractivity contribution < 1.29 is 9.59 Å². The number of hydrogen-bond acceptors (Lipinski definition) is 5. The molecule has 1 aromatic heterocycles. The zero-order chi connectivity index (χ0) is 18.2. The number of piperidine rings is 1. The van der Waals surface area contributed by atoms with E-state index in [1.165, 1.54) is 4.88 Å². The third-order valence-electron chi connectivity index (χ3n) is 4.59. The van der Waals surface area contributed by atoms with Crippen molar-refractivity contribution in [3.05, 3.63) is 22.4 Å². The molecule has 2 amide bonds. The first-order valence-corrected chi connectivity index (χ1v) is 9.88. The number of rotatable bonds is 8. The standard InChI is InChI=1S/C18H30N4O2S.2ClH/c1-13(2)17(19)18(24)21-10-16(23)20-9-14-5-3-7-22(11-14)12-15-6-4-8-25-15;;/h4,6,8,13-14,17H,3,5,7,9-12,19H2,1-2H3,(H,20,23)(H,21,24);2*1H/t14?,17-;;/m0../s1. The maximum atomic E-state index is 11.9. The summed E-state index contributed by atoms with van der Waals surface area (Å²) in [6.45, 7) is 7.53. The number of nitrogens with zero attached hydrogens (tertiary/aromatic N) is 1. The summed E-state index contributed by atoms with van der Waals surface area (Å²) in [5, 5.41) is 7.65. The van der Waals surface area contributed by atoms with E-state index < -0.39 is 6.04 Å². The monoisotopic (exact) mass is 438 g/mol. The predicted molar refractivity (Wildman–Crippen MR) is 116 cm³/mol. The highest BCUT2D eigenvalue weighted by Crippen LogP contribution is 2.19. The van der Waals surface area contributed by atoms with Crippen LogP contribution in [0.1, 0.15) is 31.6 Å². The van der Waals surface area contributed by atoms with Gasteiger partial charge in [0.05, 0.1) is 12.6 Å². The van der Waals surface area contributed by atoms with E-state index in [4.69, 9.17) is 5.73 Å². The number of carbonyl (C=O) groups is 2. The Kier molecular flexibility index (Phi) is 12.9. The summed E-state index contributed by atoms with van der Waals surface area (Å²) in [6, 6.07) is 3.68. The summed E-state index contributed by atoms with van der Waals surface area (Å²) < 4.78 is 0. The lowest BCUT2D eigenvalue weighted by molar-refractivity contribution is -0.127. The molecule has 0 saturated carbocycles. The van der Waals surface area contributed by atoms with Crippen LogP contribution in [-0.4, -0.2) is 48.9 Å². The molecule has 2 rings (SSSR count). The van der Waals surface area contributed by atoms with E-state index in [9.17, 15) is 9.59 Å². The zero-order valence-electron chi connectivity index (χ0n) is 16.0. The Morgan fingerprint density at radius 2 is 2.07 bits per heavy atom. The van der Waals surface area contributed by atoms with Gasteiger partial charge in [-0.2, -0.15) is 0 Å². The fourth-order valence-electron chi connectivity index (χ4n) is 2.99. The molecule has 1 aliphatic heterocycles. The number of nitrogens with one attached hydrogen (secondary N) is 2. The summed E-state index contributed by atoms with van der Waals surface area (Å²) in [6.07, 6.45) is 2.29. The van der Waals surface area contributed by atoms with E-state index in [-0.39, 0.29) is 49.1 Å². The quantitative estimate of drug-likeness (QED) is 0.579. The number of nitrogens with two attached hydrogens (primary N) is 1. The van der Waals surface area contributed by atoms with Gasteiger partial charge < -0.3 is 16.4 Å². The number of likely N-dealkylation sites (tertiary alicyclic amines) is 1. The molecule has 0 aliphatic carbocycles. The van der Waals surface area contributed by atoms with Crippen LogP contribution in [0.3, 0.4) is 0 Å². The lowest BCUT2D eigenvalue weighted by atomic mass is 9.98. The van der Waals surface area contributed by atoms with Crippen molar-refractivity contribution >= 4 is 48.0 Å². The summed E-state index contributed by atoms with van der Waals surface area (Å²) >= 11 is 1.79. The minimum absolute atomic E-state index is 0. The maximum Gasteiger partial charge on any atom is 0.239 e. The van der Waals surface area contributed by atoms with Crippen molar-refractivity contribution in [1.29, 1.82) is 0 Å². The van der Waals surface area contributed by atoms with Crippen molar-refractivity contribution in [2.75, 3.05) is 26.2 Å². The topological polar surface area (TPSA) is 87.5 Å². The van der Waals surface area contributed by atoms with E-state index in [2.05, 4.69) is 33.0 Å². The minimum atomic E-state index is -0.572. The molecule has 1 aromatic rings. The molecule has 27 heavy (non-hydrogen) atoms. The van der Waals surface area contributed by atoms with Gasteiger partial charge in [0, 0.05) is 24.5 Å². The SMILES string of the molecule is CC(C)[C@H](N)C(=O)NCC(=O)NCC1CCCN(Cc2cccs2)C1.Cl.Cl. The van der Waals surface area contributed by atoms with Gasteiger partial charge in [0.15, 0.2) is 0 Å². The molecule has 0 spiro atoms. The van der Waals surface area contributed by atoms with Gasteiger partial charge in [-0.3, -0.25) is 14.5 Å². The molecule has 9 heteroatoms. The molecular formula is C18H32Cl2N4O2S.